The van der Waals surface area contributed by atoms with E-state index in [1.54, 1.807) is 0 Å². The maximum atomic E-state index is 9.50. The summed E-state index contributed by atoms with van der Waals surface area (Å²) >= 11 is 6.07. The van der Waals surface area contributed by atoms with Gasteiger partial charge in [0.15, 0.2) is 0 Å². The van der Waals surface area contributed by atoms with Crippen LogP contribution in [0.15, 0.2) is 67.1 Å². The minimum Gasteiger partial charge on any atom is -0.347 e. The van der Waals surface area contributed by atoms with Crippen LogP contribution in [0.2, 0.25) is 5.02 Å². The van der Waals surface area contributed by atoms with Gasteiger partial charge in [0.05, 0.1) is 11.6 Å². The summed E-state index contributed by atoms with van der Waals surface area (Å²) in [7, 11) is 2.19. The van der Waals surface area contributed by atoms with E-state index in [0.717, 1.165) is 83.9 Å². The number of nitrogens with zero attached hydrogens (tertiary/aromatic N) is 5. The van der Waals surface area contributed by atoms with E-state index in [1.807, 2.05) is 48.8 Å². The molecule has 0 saturated carbocycles. The molecular formula is C28H28ClN5. The molecule has 172 valence electrons. The number of benzene rings is 2. The average Bonchev–Trinajstić information content (AvgIpc) is 3.23. The molecule has 0 spiro atoms. The molecule has 3 heterocycles. The number of nitriles is 1. The van der Waals surface area contributed by atoms with Crippen molar-refractivity contribution < 1.29 is 0 Å². The first-order valence-electron chi connectivity index (χ1n) is 11.8. The summed E-state index contributed by atoms with van der Waals surface area (Å²) in [5.74, 6) is 0. The molecule has 1 aliphatic rings. The zero-order chi connectivity index (χ0) is 23.5. The maximum absolute atomic E-state index is 9.50. The van der Waals surface area contributed by atoms with Crippen molar-refractivity contribution in [2.45, 2.75) is 13.0 Å². The molecule has 0 N–H and O–H groups in total. The molecule has 4 aromatic rings. The van der Waals surface area contributed by atoms with Crippen molar-refractivity contribution in [1.82, 2.24) is 19.4 Å². The van der Waals surface area contributed by atoms with E-state index in [2.05, 4.69) is 50.8 Å². The van der Waals surface area contributed by atoms with E-state index in [1.165, 1.54) is 0 Å². The molecule has 0 atom stereocenters. The molecule has 5 nitrogen and oxygen atoms in total. The largest absolute Gasteiger partial charge is 0.347 e. The summed E-state index contributed by atoms with van der Waals surface area (Å²) < 4.78 is 2.33. The summed E-state index contributed by atoms with van der Waals surface area (Å²) in [6, 6.07) is 18.3. The van der Waals surface area contributed by atoms with Crippen LogP contribution in [0.25, 0.3) is 33.2 Å². The minimum atomic E-state index is 0.672. The number of hydrogen-bond donors (Lipinski definition) is 0. The van der Waals surface area contributed by atoms with Gasteiger partial charge in [-0.05, 0) is 62.0 Å². The molecule has 1 fully saturated rings. The molecular weight excluding hydrogens is 442 g/mol. The van der Waals surface area contributed by atoms with Crippen LogP contribution in [-0.4, -0.2) is 59.1 Å². The Morgan fingerprint density at radius 1 is 0.912 bits per heavy atom. The Labute approximate surface area is 205 Å². The van der Waals surface area contributed by atoms with Gasteiger partial charge in [0.25, 0.3) is 0 Å². The van der Waals surface area contributed by atoms with Gasteiger partial charge in [0.1, 0.15) is 0 Å². The van der Waals surface area contributed by atoms with E-state index in [0.29, 0.717) is 5.56 Å². The van der Waals surface area contributed by atoms with Crippen LogP contribution in [0.4, 0.5) is 0 Å². The molecule has 2 aromatic heterocycles. The topological polar surface area (TPSA) is 48.1 Å². The maximum Gasteiger partial charge on any atom is 0.0991 e. The van der Waals surface area contributed by atoms with Gasteiger partial charge >= 0.3 is 0 Å². The fourth-order valence-corrected chi connectivity index (χ4v) is 4.83. The zero-order valence-electron chi connectivity index (χ0n) is 19.4. The molecule has 5 rings (SSSR count). The molecule has 34 heavy (non-hydrogen) atoms. The summed E-state index contributed by atoms with van der Waals surface area (Å²) in [4.78, 5) is 9.48. The van der Waals surface area contributed by atoms with Crippen molar-refractivity contribution in [1.29, 1.82) is 5.26 Å². The number of aryl methyl sites for hydroxylation is 1. The molecule has 6 heteroatoms. The third-order valence-corrected chi connectivity index (χ3v) is 6.96. The first-order chi connectivity index (χ1) is 16.6. The van der Waals surface area contributed by atoms with Crippen LogP contribution < -0.4 is 0 Å². The molecule has 2 aromatic carbocycles. The lowest BCUT2D eigenvalue weighted by Gasteiger charge is -2.32. The lowest BCUT2D eigenvalue weighted by Crippen LogP contribution is -2.44. The Morgan fingerprint density at radius 3 is 2.44 bits per heavy atom. The van der Waals surface area contributed by atoms with Gasteiger partial charge in [-0.25, -0.2) is 0 Å². The van der Waals surface area contributed by atoms with E-state index in [4.69, 9.17) is 11.6 Å². The smallest absolute Gasteiger partial charge is 0.0991 e. The second kappa shape index (κ2) is 9.99. The third-order valence-electron chi connectivity index (χ3n) is 6.71. The lowest BCUT2D eigenvalue weighted by atomic mass is 10.0. The van der Waals surface area contributed by atoms with Gasteiger partial charge in [0.2, 0.25) is 0 Å². The van der Waals surface area contributed by atoms with Crippen molar-refractivity contribution >= 4 is 22.5 Å². The standard InChI is InChI=1S/C28H28ClN5/c1-32-11-13-33(14-12-32)9-2-10-34-20-27(26-15-21(17-30)3-8-28(26)34)24-16-23(18-31-19-24)22-4-6-25(29)7-5-22/h3-8,15-16,18-20H,2,9-14H2,1H3. The summed E-state index contributed by atoms with van der Waals surface area (Å²) in [5.41, 5.74) is 6.10. The minimum absolute atomic E-state index is 0.672. The van der Waals surface area contributed by atoms with Crippen molar-refractivity contribution in [2.24, 2.45) is 0 Å². The molecule has 0 unspecified atom stereocenters. The number of piperazine rings is 1. The number of likely N-dealkylation sites (N-methyl/N-ethyl adjacent to an activating group) is 1. The molecule has 1 aliphatic heterocycles. The molecule has 0 radical (unpaired) electrons. The third kappa shape index (κ3) is 4.85. The highest BCUT2D eigenvalue weighted by atomic mass is 35.5. The Morgan fingerprint density at radius 2 is 1.68 bits per heavy atom. The van der Waals surface area contributed by atoms with Crippen molar-refractivity contribution in [3.8, 4) is 28.3 Å². The number of halogens is 1. The molecule has 0 aliphatic carbocycles. The van der Waals surface area contributed by atoms with E-state index >= 15 is 0 Å². The molecule has 0 amide bonds. The van der Waals surface area contributed by atoms with Crippen LogP contribution in [0.1, 0.15) is 12.0 Å². The van der Waals surface area contributed by atoms with Crippen molar-refractivity contribution in [2.75, 3.05) is 39.8 Å². The Balaban J connectivity index is 1.44. The number of hydrogen-bond acceptors (Lipinski definition) is 4. The number of pyridine rings is 1. The Bertz CT molecular complexity index is 1330. The van der Waals surface area contributed by atoms with Crippen molar-refractivity contribution in [3.63, 3.8) is 0 Å². The lowest BCUT2D eigenvalue weighted by molar-refractivity contribution is 0.151. The van der Waals surface area contributed by atoms with E-state index < -0.39 is 0 Å². The summed E-state index contributed by atoms with van der Waals surface area (Å²) in [6.45, 7) is 6.62. The fraction of sp³-hybridized carbons (Fsp3) is 0.286. The van der Waals surface area contributed by atoms with E-state index in [9.17, 15) is 5.26 Å². The first-order valence-corrected chi connectivity index (χ1v) is 12.1. The van der Waals surface area contributed by atoms with Crippen LogP contribution in [0.5, 0.6) is 0 Å². The van der Waals surface area contributed by atoms with Gasteiger partial charge in [-0.15, -0.1) is 0 Å². The van der Waals surface area contributed by atoms with Crippen LogP contribution >= 0.6 is 11.6 Å². The average molecular weight is 470 g/mol. The van der Waals surface area contributed by atoms with Gasteiger partial charge < -0.3 is 14.4 Å². The second-order valence-corrected chi connectivity index (χ2v) is 9.48. The van der Waals surface area contributed by atoms with Gasteiger partial charge in [-0.3, -0.25) is 4.98 Å². The quantitative estimate of drug-likeness (QED) is 0.372. The molecule has 0 bridgehead atoms. The van der Waals surface area contributed by atoms with Gasteiger partial charge in [-0.2, -0.15) is 5.26 Å². The highest BCUT2D eigenvalue weighted by Gasteiger charge is 2.15. The highest BCUT2D eigenvalue weighted by Crippen LogP contribution is 2.33. The zero-order valence-corrected chi connectivity index (χ0v) is 20.2. The normalized spacial score (nSPS) is 15.0. The number of fused-ring (bicyclic) bond motifs is 1. The monoisotopic (exact) mass is 469 g/mol. The van der Waals surface area contributed by atoms with E-state index in [-0.39, 0.29) is 0 Å². The first kappa shape index (κ1) is 22.6. The van der Waals surface area contributed by atoms with Gasteiger partial charge in [-0.1, -0.05) is 23.7 Å². The second-order valence-electron chi connectivity index (χ2n) is 9.05. The Kier molecular flexibility index (Phi) is 6.64. The Hall–Kier alpha value is -3.17. The summed E-state index contributed by atoms with van der Waals surface area (Å²) in [5, 5.41) is 11.3. The number of rotatable bonds is 6. The molecule has 1 saturated heterocycles. The van der Waals surface area contributed by atoms with Crippen LogP contribution in [0, 0.1) is 11.3 Å². The van der Waals surface area contributed by atoms with Crippen LogP contribution in [0.3, 0.4) is 0 Å². The predicted octanol–water partition coefficient (Wildman–Crippen LogP) is 5.53. The van der Waals surface area contributed by atoms with Crippen molar-refractivity contribution in [3.05, 3.63) is 77.7 Å². The van der Waals surface area contributed by atoms with Gasteiger partial charge in [0, 0.05) is 83.9 Å². The predicted molar refractivity (Wildman–Crippen MR) is 139 cm³/mol. The van der Waals surface area contributed by atoms with Crippen LogP contribution in [-0.2, 0) is 6.54 Å². The SMILES string of the molecule is CN1CCN(CCCn2cc(-c3cncc(-c4ccc(Cl)cc4)c3)c3cc(C#N)ccc32)CC1. The number of aromatic nitrogens is 2. The highest BCUT2D eigenvalue weighted by molar-refractivity contribution is 6.30. The summed E-state index contributed by atoms with van der Waals surface area (Å²) in [6.07, 6.45) is 7.10. The fourth-order valence-electron chi connectivity index (χ4n) is 4.71.